The lowest BCUT2D eigenvalue weighted by Crippen LogP contribution is -2.42. The number of aliphatic hydroxyl groups excluding tert-OH is 1. The molecular weight excluding hydrogens is 218 g/mol. The maximum Gasteiger partial charge on any atom is 0.240 e. The minimum absolute atomic E-state index is 0.148. The highest BCUT2D eigenvalue weighted by atomic mass is 16.5. The molecule has 96 valence electrons. The van der Waals surface area contributed by atoms with E-state index in [1.807, 2.05) is 6.92 Å². The number of hydrogen-bond acceptors (Lipinski definition) is 5. The normalized spacial score (nSPS) is 26.3. The van der Waals surface area contributed by atoms with Gasteiger partial charge in [0.05, 0.1) is 12.6 Å². The molecule has 17 heavy (non-hydrogen) atoms. The molecule has 2 atom stereocenters. The van der Waals surface area contributed by atoms with E-state index >= 15 is 0 Å². The third-order valence-corrected chi connectivity index (χ3v) is 3.49. The second kappa shape index (κ2) is 5.60. The second-order valence-electron chi connectivity index (χ2n) is 4.72. The average molecular weight is 239 g/mol. The number of hydrogen-bond donors (Lipinski definition) is 1. The van der Waals surface area contributed by atoms with Crippen molar-refractivity contribution in [1.82, 2.24) is 15.0 Å². The lowest BCUT2D eigenvalue weighted by molar-refractivity contribution is 0.0187. The third-order valence-electron chi connectivity index (χ3n) is 3.49. The van der Waals surface area contributed by atoms with Crippen LogP contribution in [0.2, 0.25) is 0 Å². The molecule has 1 aliphatic heterocycles. The molecule has 1 saturated heterocycles. The Bertz CT molecular complexity index is 353. The minimum Gasteiger partial charge on any atom is -0.393 e. The van der Waals surface area contributed by atoms with E-state index in [9.17, 15) is 5.11 Å². The molecule has 2 unspecified atom stereocenters. The van der Waals surface area contributed by atoms with Crippen molar-refractivity contribution in [2.75, 3.05) is 13.1 Å². The standard InChI is InChI=1S/C12H21N3O2/c1-3-9-7-15(6-5-10(9)16)8-12-13-11(4-2)14-17-12/h9-10,16H,3-8H2,1-2H3. The van der Waals surface area contributed by atoms with Gasteiger partial charge in [-0.2, -0.15) is 4.98 Å². The highest BCUT2D eigenvalue weighted by Crippen LogP contribution is 2.21. The molecule has 2 rings (SSSR count). The van der Waals surface area contributed by atoms with Gasteiger partial charge in [0.1, 0.15) is 0 Å². The number of aryl methyl sites for hydroxylation is 1. The molecule has 1 aromatic heterocycles. The molecule has 1 aromatic rings. The lowest BCUT2D eigenvalue weighted by atomic mass is 9.92. The van der Waals surface area contributed by atoms with Gasteiger partial charge in [0.15, 0.2) is 5.82 Å². The summed E-state index contributed by atoms with van der Waals surface area (Å²) in [5.41, 5.74) is 0. The van der Waals surface area contributed by atoms with E-state index in [1.54, 1.807) is 0 Å². The summed E-state index contributed by atoms with van der Waals surface area (Å²) in [6, 6.07) is 0. The van der Waals surface area contributed by atoms with E-state index in [0.717, 1.165) is 38.2 Å². The Labute approximate surface area is 102 Å². The van der Waals surface area contributed by atoms with Crippen LogP contribution in [-0.2, 0) is 13.0 Å². The van der Waals surface area contributed by atoms with Crippen molar-refractivity contribution in [2.24, 2.45) is 5.92 Å². The molecule has 1 N–H and O–H groups in total. The molecule has 0 bridgehead atoms. The van der Waals surface area contributed by atoms with Crippen molar-refractivity contribution in [3.8, 4) is 0 Å². The summed E-state index contributed by atoms with van der Waals surface area (Å²) < 4.78 is 5.19. The molecule has 0 amide bonds. The molecule has 1 aliphatic rings. The molecule has 5 heteroatoms. The maximum absolute atomic E-state index is 9.82. The number of aromatic nitrogens is 2. The summed E-state index contributed by atoms with van der Waals surface area (Å²) in [6.07, 6.45) is 2.51. The van der Waals surface area contributed by atoms with Gasteiger partial charge in [-0.05, 0) is 18.8 Å². The number of aliphatic hydroxyl groups is 1. The van der Waals surface area contributed by atoms with Crippen molar-refractivity contribution >= 4 is 0 Å². The van der Waals surface area contributed by atoms with E-state index < -0.39 is 0 Å². The molecule has 0 saturated carbocycles. The van der Waals surface area contributed by atoms with Gasteiger partial charge >= 0.3 is 0 Å². The number of likely N-dealkylation sites (tertiary alicyclic amines) is 1. The molecule has 2 heterocycles. The van der Waals surface area contributed by atoms with Crippen LogP contribution in [0.25, 0.3) is 0 Å². The van der Waals surface area contributed by atoms with E-state index in [-0.39, 0.29) is 6.10 Å². The van der Waals surface area contributed by atoms with Gasteiger partial charge < -0.3 is 9.63 Å². The Kier molecular flexibility index (Phi) is 4.12. The summed E-state index contributed by atoms with van der Waals surface area (Å²) in [5.74, 6) is 1.83. The minimum atomic E-state index is -0.148. The Morgan fingerprint density at radius 1 is 1.47 bits per heavy atom. The van der Waals surface area contributed by atoms with Crippen LogP contribution in [0.4, 0.5) is 0 Å². The Balaban J connectivity index is 1.90. The maximum atomic E-state index is 9.82. The van der Waals surface area contributed by atoms with Gasteiger partial charge in [-0.1, -0.05) is 19.0 Å². The fourth-order valence-electron chi connectivity index (χ4n) is 2.33. The van der Waals surface area contributed by atoms with Crippen molar-refractivity contribution in [3.63, 3.8) is 0 Å². The van der Waals surface area contributed by atoms with Crippen molar-refractivity contribution in [2.45, 2.75) is 45.8 Å². The molecule has 0 aromatic carbocycles. The zero-order valence-corrected chi connectivity index (χ0v) is 10.6. The smallest absolute Gasteiger partial charge is 0.240 e. The molecule has 0 spiro atoms. The van der Waals surface area contributed by atoms with Crippen LogP contribution in [-0.4, -0.2) is 39.3 Å². The fourth-order valence-corrected chi connectivity index (χ4v) is 2.33. The summed E-state index contributed by atoms with van der Waals surface area (Å²) >= 11 is 0. The topological polar surface area (TPSA) is 62.4 Å². The molecule has 0 aliphatic carbocycles. The number of nitrogens with zero attached hydrogens (tertiary/aromatic N) is 3. The van der Waals surface area contributed by atoms with Crippen LogP contribution in [0, 0.1) is 5.92 Å². The van der Waals surface area contributed by atoms with Crippen LogP contribution in [0.1, 0.15) is 38.4 Å². The zero-order chi connectivity index (χ0) is 12.3. The molecule has 5 nitrogen and oxygen atoms in total. The highest BCUT2D eigenvalue weighted by molar-refractivity contribution is 4.87. The zero-order valence-electron chi connectivity index (χ0n) is 10.6. The predicted octanol–water partition coefficient (Wildman–Crippen LogP) is 1.22. The fraction of sp³-hybridized carbons (Fsp3) is 0.833. The number of piperidine rings is 1. The first-order valence-corrected chi connectivity index (χ1v) is 6.44. The van der Waals surface area contributed by atoms with E-state index in [4.69, 9.17) is 4.52 Å². The Morgan fingerprint density at radius 2 is 2.29 bits per heavy atom. The summed E-state index contributed by atoms with van der Waals surface area (Å²) in [5, 5.41) is 13.7. The van der Waals surface area contributed by atoms with Crippen LogP contribution < -0.4 is 0 Å². The van der Waals surface area contributed by atoms with Gasteiger partial charge in [-0.25, -0.2) is 0 Å². The Hall–Kier alpha value is -0.940. The van der Waals surface area contributed by atoms with E-state index in [1.165, 1.54) is 0 Å². The Morgan fingerprint density at radius 3 is 2.94 bits per heavy atom. The monoisotopic (exact) mass is 239 g/mol. The van der Waals surface area contributed by atoms with Crippen LogP contribution >= 0.6 is 0 Å². The SMILES string of the molecule is CCc1noc(CN2CCC(O)C(CC)C2)n1. The first-order chi connectivity index (χ1) is 8.22. The van der Waals surface area contributed by atoms with Crippen molar-refractivity contribution in [1.29, 1.82) is 0 Å². The highest BCUT2D eigenvalue weighted by Gasteiger charge is 2.27. The van der Waals surface area contributed by atoms with Crippen molar-refractivity contribution in [3.05, 3.63) is 11.7 Å². The van der Waals surface area contributed by atoms with Gasteiger partial charge in [-0.15, -0.1) is 0 Å². The summed E-state index contributed by atoms with van der Waals surface area (Å²) in [7, 11) is 0. The number of rotatable bonds is 4. The van der Waals surface area contributed by atoms with Gasteiger partial charge in [0.2, 0.25) is 5.89 Å². The molecule has 0 radical (unpaired) electrons. The lowest BCUT2D eigenvalue weighted by Gasteiger charge is -2.34. The first-order valence-electron chi connectivity index (χ1n) is 6.44. The van der Waals surface area contributed by atoms with Crippen molar-refractivity contribution < 1.29 is 9.63 Å². The quantitative estimate of drug-likeness (QED) is 0.856. The van der Waals surface area contributed by atoms with Gasteiger partial charge in [0.25, 0.3) is 0 Å². The molecule has 1 fully saturated rings. The molecular formula is C12H21N3O2. The van der Waals surface area contributed by atoms with Crippen LogP contribution in [0.15, 0.2) is 4.52 Å². The summed E-state index contributed by atoms with van der Waals surface area (Å²) in [4.78, 5) is 6.60. The largest absolute Gasteiger partial charge is 0.393 e. The summed E-state index contributed by atoms with van der Waals surface area (Å²) in [6.45, 7) is 6.66. The van der Waals surface area contributed by atoms with Crippen LogP contribution in [0.5, 0.6) is 0 Å². The third kappa shape index (κ3) is 3.04. The van der Waals surface area contributed by atoms with E-state index in [0.29, 0.717) is 18.4 Å². The first kappa shape index (κ1) is 12.5. The van der Waals surface area contributed by atoms with Gasteiger partial charge in [-0.3, -0.25) is 4.90 Å². The van der Waals surface area contributed by atoms with Gasteiger partial charge in [0, 0.05) is 19.5 Å². The second-order valence-corrected chi connectivity index (χ2v) is 4.72. The van der Waals surface area contributed by atoms with E-state index in [2.05, 4.69) is 22.0 Å². The average Bonchev–Trinajstić information content (AvgIpc) is 2.79. The predicted molar refractivity (Wildman–Crippen MR) is 63.4 cm³/mol. The van der Waals surface area contributed by atoms with Crippen LogP contribution in [0.3, 0.4) is 0 Å².